The quantitative estimate of drug-likeness (QED) is 0.862. The molecule has 1 heterocycles. The third-order valence-corrected chi connectivity index (χ3v) is 3.96. The zero-order valence-corrected chi connectivity index (χ0v) is 11.7. The highest BCUT2D eigenvalue weighted by Gasteiger charge is 2.12. The molecule has 0 bridgehead atoms. The molecule has 0 fully saturated rings. The summed E-state index contributed by atoms with van der Waals surface area (Å²) < 4.78 is 5.09. The predicted molar refractivity (Wildman–Crippen MR) is 77.2 cm³/mol. The van der Waals surface area contributed by atoms with Gasteiger partial charge in [0.05, 0.1) is 12.6 Å². The summed E-state index contributed by atoms with van der Waals surface area (Å²) in [5, 5.41) is 5.49. The van der Waals surface area contributed by atoms with Gasteiger partial charge in [0.25, 0.3) is 0 Å². The number of hydrogen-bond donors (Lipinski definition) is 1. The van der Waals surface area contributed by atoms with Crippen molar-refractivity contribution in [3.05, 3.63) is 57.8 Å². The van der Waals surface area contributed by atoms with Gasteiger partial charge in [-0.1, -0.05) is 30.3 Å². The average molecular weight is 261 g/mol. The summed E-state index contributed by atoms with van der Waals surface area (Å²) in [7, 11) is 3.74. The maximum Gasteiger partial charge on any atom is 0.0668 e. The van der Waals surface area contributed by atoms with E-state index in [0.29, 0.717) is 6.04 Å². The van der Waals surface area contributed by atoms with Crippen LogP contribution < -0.4 is 5.32 Å². The first-order valence-corrected chi connectivity index (χ1v) is 7.01. The van der Waals surface area contributed by atoms with Crippen molar-refractivity contribution in [3.8, 4) is 0 Å². The van der Waals surface area contributed by atoms with Crippen molar-refractivity contribution in [2.75, 3.05) is 20.8 Å². The van der Waals surface area contributed by atoms with Gasteiger partial charge >= 0.3 is 0 Å². The van der Waals surface area contributed by atoms with Crippen molar-refractivity contribution in [2.24, 2.45) is 0 Å². The first-order chi connectivity index (χ1) is 8.85. The van der Waals surface area contributed by atoms with Gasteiger partial charge in [0.2, 0.25) is 0 Å². The fraction of sp³-hybridized carbons (Fsp3) is 0.333. The minimum Gasteiger partial charge on any atom is -0.384 e. The van der Waals surface area contributed by atoms with Crippen LogP contribution in [-0.2, 0) is 11.2 Å². The number of nitrogens with one attached hydrogen (secondary N) is 1. The van der Waals surface area contributed by atoms with Crippen LogP contribution in [-0.4, -0.2) is 20.8 Å². The van der Waals surface area contributed by atoms with Gasteiger partial charge in [-0.2, -0.15) is 0 Å². The van der Waals surface area contributed by atoms with Crippen LogP contribution in [0.5, 0.6) is 0 Å². The minimum absolute atomic E-state index is 0.293. The van der Waals surface area contributed by atoms with E-state index in [4.69, 9.17) is 4.74 Å². The number of methoxy groups -OCH3 is 1. The lowest BCUT2D eigenvalue weighted by Gasteiger charge is -2.15. The second-order valence-electron chi connectivity index (χ2n) is 4.22. The van der Waals surface area contributed by atoms with E-state index in [2.05, 4.69) is 47.1 Å². The van der Waals surface area contributed by atoms with Gasteiger partial charge in [-0.15, -0.1) is 11.3 Å². The smallest absolute Gasteiger partial charge is 0.0668 e. The molecule has 0 amide bonds. The molecule has 96 valence electrons. The van der Waals surface area contributed by atoms with Crippen LogP contribution in [0.4, 0.5) is 0 Å². The predicted octanol–water partition coefficient (Wildman–Crippen LogP) is 3.25. The lowest BCUT2D eigenvalue weighted by atomic mass is 10.0. The SMILES string of the molecule is CNC(c1ccc(CCOC)cc1)c1cccs1. The molecule has 1 N–H and O–H groups in total. The summed E-state index contributed by atoms with van der Waals surface area (Å²) in [5.41, 5.74) is 2.63. The summed E-state index contributed by atoms with van der Waals surface area (Å²) in [4.78, 5) is 1.35. The molecule has 0 aliphatic heterocycles. The van der Waals surface area contributed by atoms with Crippen molar-refractivity contribution < 1.29 is 4.74 Å². The molecule has 0 aliphatic carbocycles. The summed E-state index contributed by atoms with van der Waals surface area (Å²) >= 11 is 1.79. The van der Waals surface area contributed by atoms with Gasteiger partial charge in [-0.05, 0) is 36.0 Å². The van der Waals surface area contributed by atoms with Crippen LogP contribution in [0, 0.1) is 0 Å². The molecular weight excluding hydrogens is 242 g/mol. The van der Waals surface area contributed by atoms with E-state index in [-0.39, 0.29) is 0 Å². The summed E-state index contributed by atoms with van der Waals surface area (Å²) in [6.07, 6.45) is 0.972. The van der Waals surface area contributed by atoms with Crippen LogP contribution in [0.15, 0.2) is 41.8 Å². The maximum atomic E-state index is 5.09. The number of hydrogen-bond acceptors (Lipinski definition) is 3. The first-order valence-electron chi connectivity index (χ1n) is 6.13. The molecule has 2 nitrogen and oxygen atoms in total. The Kier molecular flexibility index (Phi) is 4.93. The highest BCUT2D eigenvalue weighted by molar-refractivity contribution is 7.10. The molecule has 0 spiro atoms. The zero-order chi connectivity index (χ0) is 12.8. The second-order valence-corrected chi connectivity index (χ2v) is 5.20. The van der Waals surface area contributed by atoms with Crippen molar-refractivity contribution in [2.45, 2.75) is 12.5 Å². The Bertz CT molecular complexity index is 450. The zero-order valence-electron chi connectivity index (χ0n) is 10.8. The van der Waals surface area contributed by atoms with Crippen LogP contribution in [0.2, 0.25) is 0 Å². The Balaban J connectivity index is 2.12. The van der Waals surface area contributed by atoms with Gasteiger partial charge in [-0.25, -0.2) is 0 Å². The lowest BCUT2D eigenvalue weighted by molar-refractivity contribution is 0.202. The largest absolute Gasteiger partial charge is 0.384 e. The summed E-state index contributed by atoms with van der Waals surface area (Å²) in [6.45, 7) is 0.778. The van der Waals surface area contributed by atoms with Gasteiger partial charge in [0.1, 0.15) is 0 Å². The lowest BCUT2D eigenvalue weighted by Crippen LogP contribution is -2.16. The van der Waals surface area contributed by atoms with Crippen LogP contribution in [0.1, 0.15) is 22.0 Å². The van der Waals surface area contributed by atoms with Gasteiger partial charge in [0.15, 0.2) is 0 Å². The molecule has 1 unspecified atom stereocenters. The van der Waals surface area contributed by atoms with E-state index in [1.165, 1.54) is 16.0 Å². The molecule has 18 heavy (non-hydrogen) atoms. The molecular formula is C15H19NOS. The Hall–Kier alpha value is -1.16. The van der Waals surface area contributed by atoms with Crippen molar-refractivity contribution in [1.82, 2.24) is 5.32 Å². The number of ether oxygens (including phenoxy) is 1. The molecule has 2 rings (SSSR count). The molecule has 0 aliphatic rings. The third-order valence-electron chi connectivity index (χ3n) is 3.02. The fourth-order valence-electron chi connectivity index (χ4n) is 2.03. The van der Waals surface area contributed by atoms with Crippen LogP contribution in [0.25, 0.3) is 0 Å². The van der Waals surface area contributed by atoms with Gasteiger partial charge < -0.3 is 10.1 Å². The van der Waals surface area contributed by atoms with Gasteiger partial charge in [-0.3, -0.25) is 0 Å². The molecule has 1 aromatic heterocycles. The van der Waals surface area contributed by atoms with E-state index in [1.54, 1.807) is 18.4 Å². The highest BCUT2D eigenvalue weighted by Crippen LogP contribution is 2.25. The topological polar surface area (TPSA) is 21.3 Å². The van der Waals surface area contributed by atoms with Crippen molar-refractivity contribution in [3.63, 3.8) is 0 Å². The molecule has 1 atom stereocenters. The monoisotopic (exact) mass is 261 g/mol. The standard InChI is InChI=1S/C15H19NOS/c1-16-15(14-4-3-11-18-14)13-7-5-12(6-8-13)9-10-17-2/h3-8,11,15-16H,9-10H2,1-2H3. The Morgan fingerprint density at radius 2 is 2.00 bits per heavy atom. The van der Waals surface area contributed by atoms with E-state index in [9.17, 15) is 0 Å². The Morgan fingerprint density at radius 1 is 1.22 bits per heavy atom. The van der Waals surface area contributed by atoms with E-state index < -0.39 is 0 Å². The van der Waals surface area contributed by atoms with Crippen LogP contribution in [0.3, 0.4) is 0 Å². The highest BCUT2D eigenvalue weighted by atomic mass is 32.1. The third kappa shape index (κ3) is 3.19. The molecule has 2 aromatic rings. The maximum absolute atomic E-state index is 5.09. The summed E-state index contributed by atoms with van der Waals surface area (Å²) in [5.74, 6) is 0. The number of thiophene rings is 1. The average Bonchev–Trinajstić information content (AvgIpc) is 2.93. The van der Waals surface area contributed by atoms with Gasteiger partial charge in [0, 0.05) is 12.0 Å². The molecule has 0 saturated heterocycles. The second kappa shape index (κ2) is 6.69. The molecule has 0 saturated carbocycles. The minimum atomic E-state index is 0.293. The first kappa shape index (κ1) is 13.3. The van der Waals surface area contributed by atoms with Crippen LogP contribution >= 0.6 is 11.3 Å². The fourth-order valence-corrected chi connectivity index (χ4v) is 2.89. The van der Waals surface area contributed by atoms with E-state index in [1.807, 2.05) is 7.05 Å². The van der Waals surface area contributed by atoms with E-state index in [0.717, 1.165) is 13.0 Å². The number of rotatable bonds is 6. The Morgan fingerprint density at radius 3 is 2.56 bits per heavy atom. The number of benzene rings is 1. The van der Waals surface area contributed by atoms with Crippen molar-refractivity contribution in [1.29, 1.82) is 0 Å². The van der Waals surface area contributed by atoms with E-state index >= 15 is 0 Å². The molecule has 0 radical (unpaired) electrons. The van der Waals surface area contributed by atoms with Crippen molar-refractivity contribution >= 4 is 11.3 Å². The molecule has 3 heteroatoms. The summed E-state index contributed by atoms with van der Waals surface area (Å²) in [6, 6.07) is 13.3. The Labute approximate surface area is 113 Å². The normalized spacial score (nSPS) is 12.6. The molecule has 1 aromatic carbocycles.